The number of H-pyrrole nitrogens is 1. The van der Waals surface area contributed by atoms with Gasteiger partial charge in [0.25, 0.3) is 0 Å². The third kappa shape index (κ3) is 3.11. The smallest absolute Gasteiger partial charge is 0.303 e. The first-order valence-corrected chi connectivity index (χ1v) is 6.45. The fourth-order valence-electron chi connectivity index (χ4n) is 1.53. The van der Waals surface area contributed by atoms with E-state index in [1.807, 2.05) is 24.3 Å². The Kier molecular flexibility index (Phi) is 4.04. The van der Waals surface area contributed by atoms with Crippen molar-refractivity contribution in [1.29, 1.82) is 0 Å². The van der Waals surface area contributed by atoms with E-state index in [4.69, 9.17) is 16.7 Å². The molecule has 94 valence electrons. The standard InChI is InChI=1S/C12H10BrClN2O2/c13-8-3-1-7(2-4-8)12-15-9(11(14)16-12)5-6-10(17)18/h1-4H,5-6H2,(H,15,16)(H,17,18). The molecule has 18 heavy (non-hydrogen) atoms. The van der Waals surface area contributed by atoms with Gasteiger partial charge in [0.05, 0.1) is 12.1 Å². The number of nitrogens with zero attached hydrogens (tertiary/aromatic N) is 1. The fraction of sp³-hybridized carbons (Fsp3) is 0.167. The minimum atomic E-state index is -0.856. The number of rotatable bonds is 4. The summed E-state index contributed by atoms with van der Waals surface area (Å²) in [6, 6.07) is 7.62. The molecule has 0 aliphatic rings. The lowest BCUT2D eigenvalue weighted by atomic mass is 10.2. The summed E-state index contributed by atoms with van der Waals surface area (Å²) >= 11 is 9.32. The molecule has 0 saturated carbocycles. The number of benzene rings is 1. The molecule has 0 unspecified atom stereocenters. The van der Waals surface area contributed by atoms with Crippen LogP contribution in [0, 0.1) is 0 Å². The van der Waals surface area contributed by atoms with E-state index in [1.165, 1.54) is 0 Å². The van der Waals surface area contributed by atoms with E-state index in [0.29, 0.717) is 23.1 Å². The average Bonchev–Trinajstić information content (AvgIpc) is 2.69. The van der Waals surface area contributed by atoms with Gasteiger partial charge in [0.15, 0.2) is 5.15 Å². The Balaban J connectivity index is 2.22. The van der Waals surface area contributed by atoms with Crippen LogP contribution in [0.25, 0.3) is 11.4 Å². The summed E-state index contributed by atoms with van der Waals surface area (Å²) in [5.74, 6) is -0.209. The first-order chi connectivity index (χ1) is 8.56. The molecule has 0 amide bonds. The lowest BCUT2D eigenvalue weighted by Gasteiger charge is -1.97. The molecule has 1 aromatic carbocycles. The van der Waals surface area contributed by atoms with E-state index in [-0.39, 0.29) is 6.42 Å². The van der Waals surface area contributed by atoms with Crippen LogP contribution in [0.3, 0.4) is 0 Å². The van der Waals surface area contributed by atoms with Crippen LogP contribution in [0.2, 0.25) is 5.15 Å². The number of carbonyl (C=O) groups is 1. The average molecular weight is 330 g/mol. The molecule has 0 atom stereocenters. The van der Waals surface area contributed by atoms with Crippen LogP contribution in [0.4, 0.5) is 0 Å². The zero-order valence-electron chi connectivity index (χ0n) is 9.28. The van der Waals surface area contributed by atoms with Gasteiger partial charge in [-0.2, -0.15) is 0 Å². The predicted molar refractivity (Wildman–Crippen MR) is 72.7 cm³/mol. The van der Waals surface area contributed by atoms with Gasteiger partial charge in [0, 0.05) is 16.5 Å². The number of halogens is 2. The molecule has 4 nitrogen and oxygen atoms in total. The maximum Gasteiger partial charge on any atom is 0.303 e. The molecule has 2 rings (SSSR count). The van der Waals surface area contributed by atoms with Gasteiger partial charge >= 0.3 is 5.97 Å². The number of aromatic amines is 1. The third-order valence-electron chi connectivity index (χ3n) is 2.43. The summed E-state index contributed by atoms with van der Waals surface area (Å²) in [4.78, 5) is 17.8. The number of carboxylic acids is 1. The lowest BCUT2D eigenvalue weighted by molar-refractivity contribution is -0.136. The van der Waals surface area contributed by atoms with Crippen molar-refractivity contribution < 1.29 is 9.90 Å². The molecule has 0 bridgehead atoms. The molecular weight excluding hydrogens is 320 g/mol. The summed E-state index contributed by atoms with van der Waals surface area (Å²) in [5.41, 5.74) is 1.55. The van der Waals surface area contributed by atoms with Gasteiger partial charge in [-0.1, -0.05) is 39.7 Å². The van der Waals surface area contributed by atoms with Crippen LogP contribution < -0.4 is 0 Å². The van der Waals surface area contributed by atoms with Crippen LogP contribution in [-0.4, -0.2) is 21.0 Å². The lowest BCUT2D eigenvalue weighted by Crippen LogP contribution is -1.98. The molecule has 0 radical (unpaired) electrons. The SMILES string of the molecule is O=C(O)CCc1[nH]c(-c2ccc(Br)cc2)nc1Cl. The Morgan fingerprint density at radius 3 is 2.67 bits per heavy atom. The van der Waals surface area contributed by atoms with Crippen LogP contribution in [0.5, 0.6) is 0 Å². The fourth-order valence-corrected chi connectivity index (χ4v) is 2.02. The number of aliphatic carboxylic acids is 1. The number of carboxylic acid groups (broad SMARTS) is 1. The van der Waals surface area contributed by atoms with Gasteiger partial charge in [0.2, 0.25) is 0 Å². The maximum atomic E-state index is 10.5. The van der Waals surface area contributed by atoms with Crippen molar-refractivity contribution in [3.8, 4) is 11.4 Å². The summed E-state index contributed by atoms with van der Waals surface area (Å²) in [7, 11) is 0. The molecule has 0 aliphatic heterocycles. The molecule has 0 spiro atoms. The Labute approximate surface area is 117 Å². The van der Waals surface area contributed by atoms with Gasteiger partial charge < -0.3 is 10.1 Å². The number of hydrogen-bond donors (Lipinski definition) is 2. The summed E-state index contributed by atoms with van der Waals surface area (Å²) in [6.07, 6.45) is 0.374. The Morgan fingerprint density at radius 2 is 2.06 bits per heavy atom. The van der Waals surface area contributed by atoms with E-state index >= 15 is 0 Å². The van der Waals surface area contributed by atoms with Crippen LogP contribution in [0.15, 0.2) is 28.7 Å². The highest BCUT2D eigenvalue weighted by Crippen LogP contribution is 2.23. The first-order valence-electron chi connectivity index (χ1n) is 5.28. The second kappa shape index (κ2) is 5.54. The molecule has 6 heteroatoms. The highest BCUT2D eigenvalue weighted by molar-refractivity contribution is 9.10. The number of hydrogen-bond acceptors (Lipinski definition) is 2. The van der Waals surface area contributed by atoms with E-state index < -0.39 is 5.97 Å². The first kappa shape index (κ1) is 13.1. The van der Waals surface area contributed by atoms with Crippen molar-refractivity contribution >= 4 is 33.5 Å². The van der Waals surface area contributed by atoms with Gasteiger partial charge in [-0.15, -0.1) is 0 Å². The molecule has 1 heterocycles. The summed E-state index contributed by atoms with van der Waals surface area (Å²) < 4.78 is 0.981. The molecule has 2 N–H and O–H groups in total. The molecule has 2 aromatic rings. The topological polar surface area (TPSA) is 66.0 Å². The Bertz CT molecular complexity index is 566. The van der Waals surface area contributed by atoms with Crippen molar-refractivity contribution in [2.75, 3.05) is 0 Å². The van der Waals surface area contributed by atoms with Crippen LogP contribution in [-0.2, 0) is 11.2 Å². The van der Waals surface area contributed by atoms with Gasteiger partial charge in [0.1, 0.15) is 5.82 Å². The predicted octanol–water partition coefficient (Wildman–Crippen LogP) is 3.51. The van der Waals surface area contributed by atoms with Crippen LogP contribution >= 0.6 is 27.5 Å². The monoisotopic (exact) mass is 328 g/mol. The van der Waals surface area contributed by atoms with Crippen LogP contribution in [0.1, 0.15) is 12.1 Å². The van der Waals surface area contributed by atoms with E-state index in [9.17, 15) is 4.79 Å². The quantitative estimate of drug-likeness (QED) is 0.902. The Hall–Kier alpha value is -1.33. The normalized spacial score (nSPS) is 10.6. The van der Waals surface area contributed by atoms with E-state index in [1.54, 1.807) is 0 Å². The van der Waals surface area contributed by atoms with Crippen molar-refractivity contribution in [3.63, 3.8) is 0 Å². The highest BCUT2D eigenvalue weighted by atomic mass is 79.9. The zero-order valence-corrected chi connectivity index (χ0v) is 11.6. The summed E-state index contributed by atoms with van der Waals surface area (Å²) in [6.45, 7) is 0. The second-order valence-corrected chi connectivity index (χ2v) is 5.03. The summed E-state index contributed by atoms with van der Waals surface area (Å²) in [5, 5.41) is 8.97. The number of imidazole rings is 1. The Morgan fingerprint density at radius 1 is 1.39 bits per heavy atom. The second-order valence-electron chi connectivity index (χ2n) is 3.76. The number of nitrogens with one attached hydrogen (secondary N) is 1. The van der Waals surface area contributed by atoms with Gasteiger partial charge in [-0.3, -0.25) is 4.79 Å². The third-order valence-corrected chi connectivity index (χ3v) is 3.28. The highest BCUT2D eigenvalue weighted by Gasteiger charge is 2.11. The van der Waals surface area contributed by atoms with Crippen molar-refractivity contribution in [1.82, 2.24) is 9.97 Å². The minimum Gasteiger partial charge on any atom is -0.481 e. The van der Waals surface area contributed by atoms with Crippen molar-refractivity contribution in [2.24, 2.45) is 0 Å². The minimum absolute atomic E-state index is 0.0295. The number of aryl methyl sites for hydroxylation is 1. The largest absolute Gasteiger partial charge is 0.481 e. The molecule has 1 aromatic heterocycles. The molecule has 0 fully saturated rings. The zero-order chi connectivity index (χ0) is 13.1. The van der Waals surface area contributed by atoms with Crippen molar-refractivity contribution in [3.05, 3.63) is 39.6 Å². The maximum absolute atomic E-state index is 10.5. The molecular formula is C12H10BrClN2O2. The molecule has 0 aliphatic carbocycles. The van der Waals surface area contributed by atoms with Crippen molar-refractivity contribution in [2.45, 2.75) is 12.8 Å². The van der Waals surface area contributed by atoms with Gasteiger partial charge in [-0.05, 0) is 12.1 Å². The van der Waals surface area contributed by atoms with E-state index in [2.05, 4.69) is 25.9 Å². The van der Waals surface area contributed by atoms with Gasteiger partial charge in [-0.25, -0.2) is 4.98 Å². The van der Waals surface area contributed by atoms with E-state index in [0.717, 1.165) is 10.0 Å². The number of aromatic nitrogens is 2. The molecule has 0 saturated heterocycles.